The summed E-state index contributed by atoms with van der Waals surface area (Å²) < 4.78 is 14.0. The molecule has 1 aliphatic rings. The predicted molar refractivity (Wildman–Crippen MR) is 103 cm³/mol. The molecule has 0 saturated carbocycles. The monoisotopic (exact) mass is 367 g/mol. The van der Waals surface area contributed by atoms with E-state index < -0.39 is 0 Å². The average molecular weight is 367 g/mol. The number of hydrogen-bond donors (Lipinski definition) is 1. The van der Waals surface area contributed by atoms with Crippen LogP contribution >= 0.6 is 11.3 Å². The number of amides is 1. The molecule has 1 saturated heterocycles. The Hall–Kier alpha value is -2.73. The Kier molecular flexibility index (Phi) is 4.67. The van der Waals surface area contributed by atoms with Crippen LogP contribution in [0.3, 0.4) is 0 Å². The Balaban J connectivity index is 1.52. The fraction of sp³-hybridized carbons (Fsp3) is 0.200. The van der Waals surface area contributed by atoms with Gasteiger partial charge in [0.05, 0.1) is 0 Å². The SMILES string of the molecule is O=C(Nc1cc(F)cc(N2CCCC2)c1)c1csc(-c2ccccc2)n1. The zero-order valence-electron chi connectivity index (χ0n) is 14.1. The van der Waals surface area contributed by atoms with E-state index in [0.717, 1.165) is 42.2 Å². The summed E-state index contributed by atoms with van der Waals surface area (Å²) in [5, 5.41) is 5.27. The largest absolute Gasteiger partial charge is 0.371 e. The number of hydrogen-bond acceptors (Lipinski definition) is 4. The highest BCUT2D eigenvalue weighted by Crippen LogP contribution is 2.27. The van der Waals surface area contributed by atoms with Gasteiger partial charge in [0.1, 0.15) is 16.5 Å². The number of thiazole rings is 1. The molecule has 2 aromatic carbocycles. The van der Waals surface area contributed by atoms with Crippen LogP contribution in [0.25, 0.3) is 10.6 Å². The third-order valence-corrected chi connectivity index (χ3v) is 5.26. The first kappa shape index (κ1) is 16.7. The third-order valence-electron chi connectivity index (χ3n) is 4.37. The van der Waals surface area contributed by atoms with E-state index in [9.17, 15) is 9.18 Å². The second-order valence-corrected chi connectivity index (χ2v) is 7.11. The molecule has 0 bridgehead atoms. The number of benzene rings is 2. The van der Waals surface area contributed by atoms with E-state index in [2.05, 4.69) is 15.2 Å². The van der Waals surface area contributed by atoms with Crippen molar-refractivity contribution in [2.45, 2.75) is 12.8 Å². The number of carbonyl (C=O) groups is 1. The van der Waals surface area contributed by atoms with Crippen molar-refractivity contribution >= 4 is 28.6 Å². The first-order chi connectivity index (χ1) is 12.7. The van der Waals surface area contributed by atoms with Crippen molar-refractivity contribution in [3.8, 4) is 10.6 Å². The molecule has 3 aromatic rings. The van der Waals surface area contributed by atoms with Crippen LogP contribution in [-0.2, 0) is 0 Å². The molecule has 2 heterocycles. The summed E-state index contributed by atoms with van der Waals surface area (Å²) in [6, 6.07) is 14.4. The Morgan fingerprint density at radius 2 is 1.88 bits per heavy atom. The van der Waals surface area contributed by atoms with Crippen molar-refractivity contribution in [1.29, 1.82) is 0 Å². The smallest absolute Gasteiger partial charge is 0.275 e. The fourth-order valence-corrected chi connectivity index (χ4v) is 3.90. The van der Waals surface area contributed by atoms with Gasteiger partial charge >= 0.3 is 0 Å². The summed E-state index contributed by atoms with van der Waals surface area (Å²) in [7, 11) is 0. The van der Waals surface area contributed by atoms with Gasteiger partial charge in [0.2, 0.25) is 0 Å². The molecule has 1 aromatic heterocycles. The number of aromatic nitrogens is 1. The van der Waals surface area contributed by atoms with Crippen LogP contribution in [0.1, 0.15) is 23.3 Å². The Labute approximate surface area is 155 Å². The normalized spacial score (nSPS) is 13.8. The van der Waals surface area contributed by atoms with Crippen LogP contribution in [0.4, 0.5) is 15.8 Å². The quantitative estimate of drug-likeness (QED) is 0.720. The lowest BCUT2D eigenvalue weighted by Crippen LogP contribution is -2.18. The summed E-state index contributed by atoms with van der Waals surface area (Å²) >= 11 is 1.41. The molecule has 1 aliphatic heterocycles. The van der Waals surface area contributed by atoms with Crippen molar-refractivity contribution < 1.29 is 9.18 Å². The first-order valence-corrected chi connectivity index (χ1v) is 9.45. The molecular weight excluding hydrogens is 349 g/mol. The Morgan fingerprint density at radius 3 is 2.65 bits per heavy atom. The lowest BCUT2D eigenvalue weighted by molar-refractivity contribution is 0.102. The number of halogens is 1. The Morgan fingerprint density at radius 1 is 1.12 bits per heavy atom. The Bertz CT molecular complexity index is 920. The number of carbonyl (C=O) groups excluding carboxylic acids is 1. The third kappa shape index (κ3) is 3.60. The van der Waals surface area contributed by atoms with Crippen molar-refractivity contribution in [3.05, 3.63) is 65.4 Å². The molecule has 0 aliphatic carbocycles. The van der Waals surface area contributed by atoms with Crippen molar-refractivity contribution in [2.75, 3.05) is 23.3 Å². The van der Waals surface area contributed by atoms with E-state index >= 15 is 0 Å². The zero-order chi connectivity index (χ0) is 17.9. The fourth-order valence-electron chi connectivity index (χ4n) is 3.09. The van der Waals surface area contributed by atoms with E-state index in [0.29, 0.717) is 11.4 Å². The molecule has 1 amide bonds. The molecular formula is C20H18FN3OS. The van der Waals surface area contributed by atoms with Gasteiger partial charge in [0.25, 0.3) is 5.91 Å². The number of nitrogens with zero attached hydrogens (tertiary/aromatic N) is 2. The zero-order valence-corrected chi connectivity index (χ0v) is 14.9. The summed E-state index contributed by atoms with van der Waals surface area (Å²) in [5.74, 6) is -0.686. The van der Waals surface area contributed by atoms with Crippen LogP contribution in [0, 0.1) is 5.82 Å². The van der Waals surface area contributed by atoms with Gasteiger partial charge in [-0.2, -0.15) is 0 Å². The van der Waals surface area contributed by atoms with E-state index in [-0.39, 0.29) is 11.7 Å². The molecule has 0 spiro atoms. The molecule has 1 fully saturated rings. The second-order valence-electron chi connectivity index (χ2n) is 6.25. The van der Waals surface area contributed by atoms with Crippen LogP contribution in [0.15, 0.2) is 53.9 Å². The van der Waals surface area contributed by atoms with Crippen molar-refractivity contribution in [1.82, 2.24) is 4.98 Å². The van der Waals surface area contributed by atoms with Gasteiger partial charge in [-0.05, 0) is 31.0 Å². The van der Waals surface area contributed by atoms with Gasteiger partial charge < -0.3 is 10.2 Å². The molecule has 132 valence electrons. The maximum absolute atomic E-state index is 14.0. The highest BCUT2D eigenvalue weighted by molar-refractivity contribution is 7.13. The average Bonchev–Trinajstić information content (AvgIpc) is 3.34. The molecule has 1 N–H and O–H groups in total. The maximum Gasteiger partial charge on any atom is 0.275 e. The standard InChI is InChI=1S/C20H18FN3OS/c21-15-10-16(12-17(11-15)24-8-4-5-9-24)22-19(25)18-13-26-20(23-18)14-6-2-1-3-7-14/h1-3,6-7,10-13H,4-5,8-9H2,(H,22,25). The summed E-state index contributed by atoms with van der Waals surface area (Å²) in [5.41, 5.74) is 2.56. The minimum atomic E-state index is -0.354. The van der Waals surface area contributed by atoms with Gasteiger partial charge in [-0.1, -0.05) is 30.3 Å². The van der Waals surface area contributed by atoms with E-state index in [1.807, 2.05) is 36.4 Å². The molecule has 4 rings (SSSR count). The minimum Gasteiger partial charge on any atom is -0.371 e. The molecule has 6 heteroatoms. The maximum atomic E-state index is 14.0. The molecule has 0 radical (unpaired) electrons. The van der Waals surface area contributed by atoms with Crippen LogP contribution in [0.5, 0.6) is 0 Å². The number of rotatable bonds is 4. The van der Waals surface area contributed by atoms with Crippen molar-refractivity contribution in [3.63, 3.8) is 0 Å². The number of nitrogens with one attached hydrogen (secondary N) is 1. The highest BCUT2D eigenvalue weighted by Gasteiger charge is 2.16. The molecule has 4 nitrogen and oxygen atoms in total. The summed E-state index contributed by atoms with van der Waals surface area (Å²) in [6.07, 6.45) is 2.22. The van der Waals surface area contributed by atoms with Gasteiger partial charge in [-0.15, -0.1) is 11.3 Å². The predicted octanol–water partition coefficient (Wildman–Crippen LogP) is 4.80. The van der Waals surface area contributed by atoms with Crippen LogP contribution < -0.4 is 10.2 Å². The lowest BCUT2D eigenvalue weighted by atomic mass is 10.2. The van der Waals surface area contributed by atoms with E-state index in [4.69, 9.17) is 0 Å². The molecule has 0 atom stereocenters. The van der Waals surface area contributed by atoms with E-state index in [1.165, 1.54) is 23.5 Å². The topological polar surface area (TPSA) is 45.2 Å². The number of anilines is 2. The molecule has 26 heavy (non-hydrogen) atoms. The van der Waals surface area contributed by atoms with Crippen molar-refractivity contribution in [2.24, 2.45) is 0 Å². The summed E-state index contributed by atoms with van der Waals surface area (Å²) in [6.45, 7) is 1.84. The molecule has 0 unspecified atom stereocenters. The van der Waals surface area contributed by atoms with Gasteiger partial charge in [0.15, 0.2) is 0 Å². The first-order valence-electron chi connectivity index (χ1n) is 8.57. The van der Waals surface area contributed by atoms with E-state index in [1.54, 1.807) is 5.38 Å². The van der Waals surface area contributed by atoms with Gasteiger partial charge in [-0.3, -0.25) is 4.79 Å². The summed E-state index contributed by atoms with van der Waals surface area (Å²) in [4.78, 5) is 19.0. The highest BCUT2D eigenvalue weighted by atomic mass is 32.1. The van der Waals surface area contributed by atoms with Gasteiger partial charge in [0, 0.05) is 35.4 Å². The second kappa shape index (κ2) is 7.25. The minimum absolute atomic E-state index is 0.332. The van der Waals surface area contributed by atoms with Gasteiger partial charge in [-0.25, -0.2) is 9.37 Å². The van der Waals surface area contributed by atoms with Crippen LogP contribution in [-0.4, -0.2) is 24.0 Å². The lowest BCUT2D eigenvalue weighted by Gasteiger charge is -2.18. The van der Waals surface area contributed by atoms with Crippen LogP contribution in [0.2, 0.25) is 0 Å².